The molecule has 0 N–H and O–H groups in total. The van der Waals surface area contributed by atoms with Crippen molar-refractivity contribution < 1.29 is 14.3 Å². The third-order valence-electron chi connectivity index (χ3n) is 6.80. The lowest BCUT2D eigenvalue weighted by molar-refractivity contribution is -0.0746. The fourth-order valence-electron chi connectivity index (χ4n) is 4.72. The predicted octanol–water partition coefficient (Wildman–Crippen LogP) is 4.84. The van der Waals surface area contributed by atoms with Crippen molar-refractivity contribution >= 4 is 16.7 Å². The lowest BCUT2D eigenvalue weighted by Crippen LogP contribution is -2.57. The number of piperazine rings is 1. The second-order valence-corrected chi connectivity index (χ2v) is 8.96. The van der Waals surface area contributed by atoms with E-state index in [1.807, 2.05) is 35.2 Å². The number of nitrogens with zero attached hydrogens (tertiary/aromatic N) is 2. The molecule has 0 spiro atoms. The zero-order chi connectivity index (χ0) is 22.6. The normalized spacial score (nSPS) is 17.2. The van der Waals surface area contributed by atoms with E-state index in [0.29, 0.717) is 6.04 Å². The molecule has 0 aromatic heterocycles. The highest BCUT2D eigenvalue weighted by atomic mass is 16.5. The Balaban J connectivity index is 1.39. The highest BCUT2D eigenvalue weighted by molar-refractivity contribution is 6.11. The van der Waals surface area contributed by atoms with Crippen molar-refractivity contribution in [2.24, 2.45) is 0 Å². The third kappa shape index (κ3) is 4.61. The summed E-state index contributed by atoms with van der Waals surface area (Å²) in [5.74, 6) is 1.01. The van der Waals surface area contributed by atoms with Crippen LogP contribution in [0.25, 0.3) is 21.9 Å². The van der Waals surface area contributed by atoms with Crippen LogP contribution in [-0.2, 0) is 4.74 Å². The maximum atomic E-state index is 13.5. The van der Waals surface area contributed by atoms with Crippen LogP contribution < -0.4 is 4.74 Å². The molecule has 2 saturated heterocycles. The standard InChI is InChI=1S/C28H32N2O3/c1-2-3-17-33-23-8-6-7-21(18-23)24-11-12-27(26-10-5-4-9-25(24)26)28(31)30-15-13-29(14-16-30)22-19-32-20-22/h4-12,18,22H,2-3,13-17,19-20H2,1H3. The van der Waals surface area contributed by atoms with Crippen LogP contribution >= 0.6 is 0 Å². The van der Waals surface area contributed by atoms with Crippen LogP contribution in [0.2, 0.25) is 0 Å². The SMILES string of the molecule is CCCCOc1cccc(-c2ccc(C(=O)N3CCN(C4COC4)CC3)c3ccccc23)c1. The Morgan fingerprint density at radius 3 is 2.48 bits per heavy atom. The molecule has 3 aromatic rings. The number of unbranched alkanes of at least 4 members (excludes halogenated alkanes) is 1. The van der Waals surface area contributed by atoms with Crippen molar-refractivity contribution in [1.82, 2.24) is 9.80 Å². The van der Waals surface area contributed by atoms with Crippen LogP contribution in [0, 0.1) is 0 Å². The zero-order valence-corrected chi connectivity index (χ0v) is 19.3. The van der Waals surface area contributed by atoms with Gasteiger partial charge in [-0.3, -0.25) is 9.69 Å². The van der Waals surface area contributed by atoms with Gasteiger partial charge in [-0.25, -0.2) is 0 Å². The lowest BCUT2D eigenvalue weighted by Gasteiger charge is -2.42. The van der Waals surface area contributed by atoms with E-state index >= 15 is 0 Å². The minimum absolute atomic E-state index is 0.124. The Morgan fingerprint density at radius 2 is 1.76 bits per heavy atom. The van der Waals surface area contributed by atoms with E-state index in [0.717, 1.165) is 92.1 Å². The number of hydrogen-bond donors (Lipinski definition) is 0. The molecule has 0 atom stereocenters. The molecule has 5 heteroatoms. The van der Waals surface area contributed by atoms with Crippen LogP contribution in [0.5, 0.6) is 5.75 Å². The van der Waals surface area contributed by atoms with Crippen molar-refractivity contribution in [2.45, 2.75) is 25.8 Å². The second kappa shape index (κ2) is 9.94. The molecule has 0 unspecified atom stereocenters. The first-order valence-electron chi connectivity index (χ1n) is 12.1. The minimum Gasteiger partial charge on any atom is -0.494 e. The topological polar surface area (TPSA) is 42.0 Å². The number of amides is 1. The molecule has 0 radical (unpaired) electrons. The average Bonchev–Trinajstić information content (AvgIpc) is 2.83. The van der Waals surface area contributed by atoms with Crippen molar-refractivity contribution in [3.63, 3.8) is 0 Å². The highest BCUT2D eigenvalue weighted by Gasteiger charge is 2.30. The van der Waals surface area contributed by atoms with Crippen molar-refractivity contribution in [3.8, 4) is 16.9 Å². The first-order chi connectivity index (χ1) is 16.2. The molecule has 5 nitrogen and oxygen atoms in total. The molecule has 0 aliphatic carbocycles. The molecule has 0 bridgehead atoms. The summed E-state index contributed by atoms with van der Waals surface area (Å²) >= 11 is 0. The van der Waals surface area contributed by atoms with Gasteiger partial charge in [-0.2, -0.15) is 0 Å². The minimum atomic E-state index is 0.124. The van der Waals surface area contributed by atoms with Gasteiger partial charge in [0.25, 0.3) is 5.91 Å². The number of carbonyl (C=O) groups is 1. The molecule has 5 rings (SSSR count). The number of hydrogen-bond acceptors (Lipinski definition) is 4. The van der Waals surface area contributed by atoms with Gasteiger partial charge in [-0.05, 0) is 46.5 Å². The molecule has 0 saturated carbocycles. The summed E-state index contributed by atoms with van der Waals surface area (Å²) in [6, 6.07) is 21.1. The molecule has 1 amide bonds. The summed E-state index contributed by atoms with van der Waals surface area (Å²) < 4.78 is 11.3. The zero-order valence-electron chi connectivity index (χ0n) is 19.3. The van der Waals surface area contributed by atoms with Crippen LogP contribution in [0.3, 0.4) is 0 Å². The Kier molecular flexibility index (Phi) is 6.60. The molecule has 2 aliphatic rings. The number of fused-ring (bicyclic) bond motifs is 1. The van der Waals surface area contributed by atoms with Gasteiger partial charge < -0.3 is 14.4 Å². The number of benzene rings is 3. The van der Waals surface area contributed by atoms with Crippen LogP contribution in [0.4, 0.5) is 0 Å². The predicted molar refractivity (Wildman–Crippen MR) is 132 cm³/mol. The van der Waals surface area contributed by atoms with Crippen molar-refractivity contribution in [1.29, 1.82) is 0 Å². The Hall–Kier alpha value is -2.89. The van der Waals surface area contributed by atoms with E-state index in [1.165, 1.54) is 0 Å². The fourth-order valence-corrected chi connectivity index (χ4v) is 4.72. The first-order valence-corrected chi connectivity index (χ1v) is 12.1. The average molecular weight is 445 g/mol. The molecule has 172 valence electrons. The molecule has 2 fully saturated rings. The van der Waals surface area contributed by atoms with E-state index < -0.39 is 0 Å². The quantitative estimate of drug-likeness (QED) is 0.489. The largest absolute Gasteiger partial charge is 0.494 e. The second-order valence-electron chi connectivity index (χ2n) is 8.96. The highest BCUT2D eigenvalue weighted by Crippen LogP contribution is 2.33. The molecule has 2 heterocycles. The van der Waals surface area contributed by atoms with Gasteiger partial charge in [0.1, 0.15) is 5.75 Å². The fraction of sp³-hybridized carbons (Fsp3) is 0.393. The summed E-state index contributed by atoms with van der Waals surface area (Å²) in [6.07, 6.45) is 2.16. The molecular weight excluding hydrogens is 412 g/mol. The van der Waals surface area contributed by atoms with E-state index in [2.05, 4.69) is 42.2 Å². The summed E-state index contributed by atoms with van der Waals surface area (Å²) in [5.41, 5.74) is 3.01. The van der Waals surface area contributed by atoms with Crippen LogP contribution in [0.1, 0.15) is 30.1 Å². The third-order valence-corrected chi connectivity index (χ3v) is 6.80. The van der Waals surface area contributed by atoms with Gasteiger partial charge in [-0.1, -0.05) is 55.8 Å². The summed E-state index contributed by atoms with van der Waals surface area (Å²) in [6.45, 7) is 7.91. The molecule has 3 aromatic carbocycles. The maximum absolute atomic E-state index is 13.5. The summed E-state index contributed by atoms with van der Waals surface area (Å²) in [4.78, 5) is 17.9. The van der Waals surface area contributed by atoms with Gasteiger partial charge in [-0.15, -0.1) is 0 Å². The lowest BCUT2D eigenvalue weighted by atomic mass is 9.94. The van der Waals surface area contributed by atoms with Gasteiger partial charge in [0.05, 0.1) is 25.9 Å². The first kappa shape index (κ1) is 21.9. The monoisotopic (exact) mass is 444 g/mol. The number of rotatable bonds is 7. The Bertz CT molecular complexity index is 1120. The van der Waals surface area contributed by atoms with Crippen LogP contribution in [0.15, 0.2) is 60.7 Å². The van der Waals surface area contributed by atoms with Gasteiger partial charge in [0.2, 0.25) is 0 Å². The smallest absolute Gasteiger partial charge is 0.254 e. The Labute approximate surface area is 195 Å². The van der Waals surface area contributed by atoms with E-state index in [9.17, 15) is 4.79 Å². The maximum Gasteiger partial charge on any atom is 0.254 e. The van der Waals surface area contributed by atoms with E-state index in [-0.39, 0.29) is 5.91 Å². The van der Waals surface area contributed by atoms with Crippen molar-refractivity contribution in [3.05, 3.63) is 66.2 Å². The van der Waals surface area contributed by atoms with Gasteiger partial charge in [0.15, 0.2) is 0 Å². The van der Waals surface area contributed by atoms with E-state index in [1.54, 1.807) is 0 Å². The Morgan fingerprint density at radius 1 is 0.970 bits per heavy atom. The van der Waals surface area contributed by atoms with Gasteiger partial charge >= 0.3 is 0 Å². The number of ether oxygens (including phenoxy) is 2. The van der Waals surface area contributed by atoms with Crippen molar-refractivity contribution in [2.75, 3.05) is 46.0 Å². The van der Waals surface area contributed by atoms with E-state index in [4.69, 9.17) is 9.47 Å². The van der Waals surface area contributed by atoms with Crippen LogP contribution in [-0.4, -0.2) is 67.7 Å². The summed E-state index contributed by atoms with van der Waals surface area (Å²) in [7, 11) is 0. The van der Waals surface area contributed by atoms with Gasteiger partial charge in [0, 0.05) is 31.7 Å². The molecule has 33 heavy (non-hydrogen) atoms. The summed E-state index contributed by atoms with van der Waals surface area (Å²) in [5, 5.41) is 2.10. The molecule has 2 aliphatic heterocycles. The number of carbonyl (C=O) groups excluding carboxylic acids is 1. The molecular formula is C28H32N2O3.